The van der Waals surface area contributed by atoms with Gasteiger partial charge in [-0.2, -0.15) is 5.26 Å². The van der Waals surface area contributed by atoms with Gasteiger partial charge in [-0.3, -0.25) is 4.79 Å². The van der Waals surface area contributed by atoms with Crippen molar-refractivity contribution >= 4 is 11.9 Å². The van der Waals surface area contributed by atoms with Gasteiger partial charge in [0.25, 0.3) is 0 Å². The van der Waals surface area contributed by atoms with Gasteiger partial charge in [0.15, 0.2) is 11.5 Å². The molecule has 0 bridgehead atoms. The summed E-state index contributed by atoms with van der Waals surface area (Å²) >= 11 is 0. The molecule has 0 saturated carbocycles. The molecule has 146 valence electrons. The van der Waals surface area contributed by atoms with Crippen molar-refractivity contribution in [2.75, 3.05) is 20.8 Å². The van der Waals surface area contributed by atoms with Gasteiger partial charge in [0.05, 0.1) is 20.8 Å². The summed E-state index contributed by atoms with van der Waals surface area (Å²) in [6, 6.07) is 12.8. The van der Waals surface area contributed by atoms with Crippen LogP contribution in [-0.4, -0.2) is 26.6 Å². The van der Waals surface area contributed by atoms with Crippen molar-refractivity contribution in [3.05, 3.63) is 58.7 Å². The van der Waals surface area contributed by atoms with Crippen LogP contribution in [0.2, 0.25) is 0 Å². The highest BCUT2D eigenvalue weighted by atomic mass is 16.5. The number of ether oxygens (including phenoxy) is 3. The number of carbonyl (C=O) groups excluding carboxylic acids is 1. The first kappa shape index (κ1) is 21.0. The molecule has 5 heteroatoms. The molecular formula is C23H25NO4. The molecule has 0 aromatic heterocycles. The maximum absolute atomic E-state index is 12.7. The fourth-order valence-electron chi connectivity index (χ4n) is 2.85. The Balaban J connectivity index is 2.40. The molecular weight excluding hydrogens is 354 g/mol. The molecule has 5 nitrogen and oxygen atoms in total. The molecule has 0 spiro atoms. The minimum absolute atomic E-state index is 0.0384. The molecule has 0 fully saturated rings. The standard InChI is InChI=1S/C23H25NO4/c1-5-7-16-8-10-18(11-9-16)22(25)19(15-24)12-17-13-20(26-3)23(28-6-2)21(14-17)27-4/h8-14H,5-7H2,1-4H3/b19-12+. The number of nitrogens with zero attached hydrogens (tertiary/aromatic N) is 1. The first-order valence-electron chi connectivity index (χ1n) is 9.22. The lowest BCUT2D eigenvalue weighted by Crippen LogP contribution is -2.03. The minimum atomic E-state index is -0.322. The second-order valence-electron chi connectivity index (χ2n) is 6.13. The van der Waals surface area contributed by atoms with Crippen molar-refractivity contribution in [1.29, 1.82) is 5.26 Å². The predicted molar refractivity (Wildman–Crippen MR) is 109 cm³/mol. The highest BCUT2D eigenvalue weighted by Crippen LogP contribution is 2.39. The van der Waals surface area contributed by atoms with Gasteiger partial charge in [0.2, 0.25) is 11.5 Å². The second kappa shape index (κ2) is 10.2. The normalized spacial score (nSPS) is 10.9. The summed E-state index contributed by atoms with van der Waals surface area (Å²) < 4.78 is 16.3. The molecule has 0 heterocycles. The number of benzene rings is 2. The molecule has 0 N–H and O–H groups in total. The molecule has 0 saturated heterocycles. The molecule has 2 rings (SSSR count). The van der Waals surface area contributed by atoms with Crippen LogP contribution in [0, 0.1) is 11.3 Å². The van der Waals surface area contributed by atoms with Crippen LogP contribution in [0.3, 0.4) is 0 Å². The number of hydrogen-bond donors (Lipinski definition) is 0. The van der Waals surface area contributed by atoms with Crippen LogP contribution in [0.15, 0.2) is 42.0 Å². The fraction of sp³-hybridized carbons (Fsp3) is 0.304. The van der Waals surface area contributed by atoms with E-state index in [2.05, 4.69) is 6.92 Å². The number of ketones is 1. The van der Waals surface area contributed by atoms with E-state index in [0.29, 0.717) is 35.0 Å². The third-order valence-electron chi connectivity index (χ3n) is 4.20. The van der Waals surface area contributed by atoms with Crippen LogP contribution in [0.25, 0.3) is 6.08 Å². The van der Waals surface area contributed by atoms with Crippen LogP contribution >= 0.6 is 0 Å². The van der Waals surface area contributed by atoms with E-state index in [4.69, 9.17) is 14.2 Å². The molecule has 0 radical (unpaired) electrons. The molecule has 0 aliphatic heterocycles. The second-order valence-corrected chi connectivity index (χ2v) is 6.13. The van der Waals surface area contributed by atoms with Crippen molar-refractivity contribution in [1.82, 2.24) is 0 Å². The van der Waals surface area contributed by atoms with Crippen LogP contribution in [0.1, 0.15) is 41.8 Å². The number of carbonyl (C=O) groups is 1. The average molecular weight is 379 g/mol. The average Bonchev–Trinajstić information content (AvgIpc) is 2.73. The van der Waals surface area contributed by atoms with E-state index in [-0.39, 0.29) is 11.4 Å². The Labute approximate surface area is 166 Å². The van der Waals surface area contributed by atoms with Crippen LogP contribution in [0.4, 0.5) is 0 Å². The van der Waals surface area contributed by atoms with Gasteiger partial charge in [-0.05, 0) is 42.7 Å². The molecule has 2 aromatic carbocycles. The third kappa shape index (κ3) is 4.92. The first-order chi connectivity index (χ1) is 13.6. The zero-order chi connectivity index (χ0) is 20.5. The Morgan fingerprint density at radius 2 is 1.68 bits per heavy atom. The topological polar surface area (TPSA) is 68.6 Å². The number of aryl methyl sites for hydroxylation is 1. The molecule has 0 aliphatic carbocycles. The van der Waals surface area contributed by atoms with Crippen LogP contribution in [0.5, 0.6) is 17.2 Å². The van der Waals surface area contributed by atoms with Gasteiger partial charge in [0.1, 0.15) is 11.6 Å². The number of nitriles is 1. The summed E-state index contributed by atoms with van der Waals surface area (Å²) in [5.74, 6) is 1.11. The van der Waals surface area contributed by atoms with Gasteiger partial charge in [-0.1, -0.05) is 37.6 Å². The summed E-state index contributed by atoms with van der Waals surface area (Å²) in [5, 5.41) is 9.52. The monoisotopic (exact) mass is 379 g/mol. The lowest BCUT2D eigenvalue weighted by Gasteiger charge is -2.14. The first-order valence-corrected chi connectivity index (χ1v) is 9.22. The zero-order valence-corrected chi connectivity index (χ0v) is 16.7. The summed E-state index contributed by atoms with van der Waals surface area (Å²) in [4.78, 5) is 12.7. The van der Waals surface area contributed by atoms with E-state index < -0.39 is 0 Å². The number of methoxy groups -OCH3 is 2. The maximum atomic E-state index is 12.7. The van der Waals surface area contributed by atoms with Gasteiger partial charge in [-0.15, -0.1) is 0 Å². The Morgan fingerprint density at radius 1 is 1.07 bits per heavy atom. The Bertz CT molecular complexity index is 867. The lowest BCUT2D eigenvalue weighted by molar-refractivity contribution is 0.104. The Hall–Kier alpha value is -3.26. The van der Waals surface area contributed by atoms with Gasteiger partial charge < -0.3 is 14.2 Å². The van der Waals surface area contributed by atoms with E-state index in [1.165, 1.54) is 25.9 Å². The molecule has 0 unspecified atom stereocenters. The quantitative estimate of drug-likeness (QED) is 0.354. The third-order valence-corrected chi connectivity index (χ3v) is 4.20. The zero-order valence-electron chi connectivity index (χ0n) is 16.7. The van der Waals surface area contributed by atoms with Crippen LogP contribution in [-0.2, 0) is 6.42 Å². The van der Waals surface area contributed by atoms with Crippen LogP contribution < -0.4 is 14.2 Å². The molecule has 0 aliphatic rings. The molecule has 0 atom stereocenters. The van der Waals surface area contributed by atoms with E-state index >= 15 is 0 Å². The molecule has 0 amide bonds. The fourth-order valence-corrected chi connectivity index (χ4v) is 2.85. The van der Waals surface area contributed by atoms with Crippen molar-refractivity contribution in [3.63, 3.8) is 0 Å². The number of Topliss-reactive ketones (excluding diaryl/α,β-unsaturated/α-hetero) is 1. The number of rotatable bonds is 9. The summed E-state index contributed by atoms with van der Waals surface area (Å²) in [6.45, 7) is 4.43. The lowest BCUT2D eigenvalue weighted by atomic mass is 9.99. The minimum Gasteiger partial charge on any atom is -0.493 e. The Morgan fingerprint density at radius 3 is 2.14 bits per heavy atom. The van der Waals surface area contributed by atoms with Crippen molar-refractivity contribution in [2.45, 2.75) is 26.7 Å². The van der Waals surface area contributed by atoms with Gasteiger partial charge in [-0.25, -0.2) is 0 Å². The van der Waals surface area contributed by atoms with Gasteiger partial charge >= 0.3 is 0 Å². The highest BCUT2D eigenvalue weighted by molar-refractivity contribution is 6.14. The largest absolute Gasteiger partial charge is 0.493 e. The smallest absolute Gasteiger partial charge is 0.203 e. The van der Waals surface area contributed by atoms with Crippen molar-refractivity contribution in [2.24, 2.45) is 0 Å². The highest BCUT2D eigenvalue weighted by Gasteiger charge is 2.16. The van der Waals surface area contributed by atoms with Crippen molar-refractivity contribution < 1.29 is 19.0 Å². The number of hydrogen-bond acceptors (Lipinski definition) is 5. The molecule has 28 heavy (non-hydrogen) atoms. The van der Waals surface area contributed by atoms with E-state index in [0.717, 1.165) is 12.8 Å². The predicted octanol–water partition coefficient (Wildman–Crippen LogP) is 4.84. The van der Waals surface area contributed by atoms with Crippen molar-refractivity contribution in [3.8, 4) is 23.3 Å². The van der Waals surface area contributed by atoms with E-state index in [1.54, 1.807) is 24.3 Å². The Kier molecular flexibility index (Phi) is 7.65. The van der Waals surface area contributed by atoms with E-state index in [1.807, 2.05) is 25.1 Å². The summed E-state index contributed by atoms with van der Waals surface area (Å²) in [6.07, 6.45) is 3.53. The summed E-state index contributed by atoms with van der Waals surface area (Å²) in [5.41, 5.74) is 2.31. The van der Waals surface area contributed by atoms with Gasteiger partial charge in [0, 0.05) is 5.56 Å². The maximum Gasteiger partial charge on any atom is 0.203 e. The summed E-state index contributed by atoms with van der Waals surface area (Å²) in [7, 11) is 3.05. The van der Waals surface area contributed by atoms with E-state index in [9.17, 15) is 10.1 Å². The number of allylic oxidation sites excluding steroid dienone is 1. The SMILES string of the molecule is CCCc1ccc(C(=O)/C(C#N)=C/c2cc(OC)c(OCC)c(OC)c2)cc1. The molecule has 2 aromatic rings.